The van der Waals surface area contributed by atoms with E-state index in [9.17, 15) is 9.50 Å². The molecule has 27 heavy (non-hydrogen) atoms. The van der Waals surface area contributed by atoms with E-state index in [0.29, 0.717) is 6.54 Å². The minimum absolute atomic E-state index is 0.0485. The van der Waals surface area contributed by atoms with Gasteiger partial charge in [-0.15, -0.1) is 0 Å². The second kappa shape index (κ2) is 7.94. The largest absolute Gasteiger partial charge is 0.393 e. The van der Waals surface area contributed by atoms with Crippen molar-refractivity contribution in [2.75, 3.05) is 18.0 Å². The highest BCUT2D eigenvalue weighted by atomic mass is 19.1. The van der Waals surface area contributed by atoms with Crippen LogP contribution in [0.25, 0.3) is 0 Å². The molecule has 2 aromatic rings. The van der Waals surface area contributed by atoms with Gasteiger partial charge in [0.05, 0.1) is 18.2 Å². The first-order valence-corrected chi connectivity index (χ1v) is 9.61. The number of anilines is 1. The fraction of sp³-hybridized carbons (Fsp3) is 0.600. The second-order valence-electron chi connectivity index (χ2n) is 8.28. The molecule has 7 heteroatoms. The van der Waals surface area contributed by atoms with E-state index in [0.717, 1.165) is 43.0 Å². The van der Waals surface area contributed by atoms with Crippen LogP contribution in [-0.2, 0) is 12.1 Å². The van der Waals surface area contributed by atoms with Crippen molar-refractivity contribution >= 4 is 5.69 Å². The number of aromatic nitrogens is 3. The van der Waals surface area contributed by atoms with Crippen molar-refractivity contribution in [2.24, 2.45) is 0 Å². The Labute approximate surface area is 160 Å². The third-order valence-corrected chi connectivity index (χ3v) is 5.08. The van der Waals surface area contributed by atoms with Crippen molar-refractivity contribution < 1.29 is 9.50 Å². The van der Waals surface area contributed by atoms with Crippen LogP contribution in [-0.4, -0.2) is 39.1 Å². The van der Waals surface area contributed by atoms with Gasteiger partial charge in [0.25, 0.3) is 0 Å². The van der Waals surface area contributed by atoms with Crippen molar-refractivity contribution in [1.82, 2.24) is 20.1 Å². The number of nitrogens with one attached hydrogen (secondary N) is 1. The van der Waals surface area contributed by atoms with E-state index in [-0.39, 0.29) is 23.5 Å². The van der Waals surface area contributed by atoms with Crippen LogP contribution < -0.4 is 10.2 Å². The van der Waals surface area contributed by atoms with Crippen molar-refractivity contribution in [1.29, 1.82) is 0 Å². The van der Waals surface area contributed by atoms with Gasteiger partial charge in [0.15, 0.2) is 0 Å². The molecule has 0 amide bonds. The molecule has 2 heterocycles. The van der Waals surface area contributed by atoms with Crippen LogP contribution in [0.5, 0.6) is 0 Å². The van der Waals surface area contributed by atoms with E-state index >= 15 is 0 Å². The smallest absolute Gasteiger partial charge is 0.141 e. The lowest BCUT2D eigenvalue weighted by molar-refractivity contribution is 0.145. The molecular formula is C20H30FN5O. The van der Waals surface area contributed by atoms with Gasteiger partial charge >= 0.3 is 0 Å². The molecule has 148 valence electrons. The summed E-state index contributed by atoms with van der Waals surface area (Å²) >= 11 is 0. The molecular weight excluding hydrogens is 345 g/mol. The van der Waals surface area contributed by atoms with Crippen LogP contribution >= 0.6 is 0 Å². The zero-order valence-corrected chi connectivity index (χ0v) is 16.6. The van der Waals surface area contributed by atoms with Gasteiger partial charge in [0, 0.05) is 24.8 Å². The maximum absolute atomic E-state index is 14.0. The van der Waals surface area contributed by atoms with Crippen LogP contribution in [0.4, 0.5) is 10.1 Å². The summed E-state index contributed by atoms with van der Waals surface area (Å²) in [4.78, 5) is 6.60. The molecule has 1 saturated heterocycles. The molecule has 0 bridgehead atoms. The predicted molar refractivity (Wildman–Crippen MR) is 104 cm³/mol. The van der Waals surface area contributed by atoms with Crippen LogP contribution in [0, 0.1) is 5.82 Å². The highest BCUT2D eigenvalue weighted by molar-refractivity contribution is 5.55. The predicted octanol–water partition coefficient (Wildman–Crippen LogP) is 2.98. The van der Waals surface area contributed by atoms with Gasteiger partial charge in [-0.3, -0.25) is 0 Å². The second-order valence-corrected chi connectivity index (χ2v) is 8.28. The van der Waals surface area contributed by atoms with E-state index in [1.807, 2.05) is 17.7 Å². The summed E-state index contributed by atoms with van der Waals surface area (Å²) in [6, 6.07) is 4.91. The molecule has 1 aromatic heterocycles. The molecule has 3 rings (SSSR count). The standard InChI is InChI=1S/C20H30FN5O/c1-14(22-12-19-23-13-24-26(19)20(2,3)4)17-11-15(21)5-6-18(17)25-9-7-16(27)8-10-25/h5-6,11,13-14,16,22,27H,7-10,12H2,1-4H3. The number of benzene rings is 1. The molecule has 0 saturated carbocycles. The van der Waals surface area contributed by atoms with Crippen LogP contribution in [0.2, 0.25) is 0 Å². The van der Waals surface area contributed by atoms with Crippen molar-refractivity contribution in [3.8, 4) is 0 Å². The van der Waals surface area contributed by atoms with Gasteiger partial charge in [-0.05, 0) is 64.3 Å². The Morgan fingerprint density at radius 3 is 2.67 bits per heavy atom. The summed E-state index contributed by atoms with van der Waals surface area (Å²) in [5, 5.41) is 17.6. The molecule has 1 unspecified atom stereocenters. The maximum Gasteiger partial charge on any atom is 0.141 e. The van der Waals surface area contributed by atoms with Crippen molar-refractivity contribution in [3.63, 3.8) is 0 Å². The number of hydrogen-bond donors (Lipinski definition) is 2. The molecule has 0 radical (unpaired) electrons. The normalized spacial score (nSPS) is 17.3. The SMILES string of the molecule is CC(NCc1ncnn1C(C)(C)C)c1cc(F)ccc1N1CCC(O)CC1. The van der Waals surface area contributed by atoms with Crippen molar-refractivity contribution in [3.05, 3.63) is 41.7 Å². The summed E-state index contributed by atoms with van der Waals surface area (Å²) in [5.41, 5.74) is 1.81. The Bertz CT molecular complexity index is 762. The minimum atomic E-state index is -0.239. The van der Waals surface area contributed by atoms with Crippen LogP contribution in [0.15, 0.2) is 24.5 Å². The number of hydrogen-bond acceptors (Lipinski definition) is 5. The van der Waals surface area contributed by atoms with Gasteiger partial charge in [-0.1, -0.05) is 0 Å². The average molecular weight is 375 g/mol. The maximum atomic E-state index is 14.0. The summed E-state index contributed by atoms with van der Waals surface area (Å²) in [5.74, 6) is 0.616. The zero-order chi connectivity index (χ0) is 19.6. The lowest BCUT2D eigenvalue weighted by Crippen LogP contribution is -2.37. The molecule has 6 nitrogen and oxygen atoms in total. The van der Waals surface area contributed by atoms with Gasteiger partial charge in [-0.25, -0.2) is 14.1 Å². The van der Waals surface area contributed by atoms with Gasteiger partial charge in [0.2, 0.25) is 0 Å². The molecule has 2 N–H and O–H groups in total. The highest BCUT2D eigenvalue weighted by Gasteiger charge is 2.23. The first kappa shape index (κ1) is 19.8. The number of nitrogens with zero attached hydrogens (tertiary/aromatic N) is 4. The Morgan fingerprint density at radius 1 is 1.30 bits per heavy atom. The van der Waals surface area contributed by atoms with E-state index in [1.165, 1.54) is 6.07 Å². The Hall–Kier alpha value is -1.99. The van der Waals surface area contributed by atoms with E-state index in [1.54, 1.807) is 12.4 Å². The fourth-order valence-electron chi connectivity index (χ4n) is 3.57. The highest BCUT2D eigenvalue weighted by Crippen LogP contribution is 2.30. The molecule has 1 aromatic carbocycles. The minimum Gasteiger partial charge on any atom is -0.393 e. The first-order valence-electron chi connectivity index (χ1n) is 9.61. The third-order valence-electron chi connectivity index (χ3n) is 5.08. The third kappa shape index (κ3) is 4.65. The van der Waals surface area contributed by atoms with Gasteiger partial charge < -0.3 is 15.3 Å². The Morgan fingerprint density at radius 2 is 2.00 bits per heavy atom. The zero-order valence-electron chi connectivity index (χ0n) is 16.6. The summed E-state index contributed by atoms with van der Waals surface area (Å²) in [7, 11) is 0. The number of piperidine rings is 1. The quantitative estimate of drug-likeness (QED) is 0.841. The molecule has 0 spiro atoms. The van der Waals surface area contributed by atoms with E-state index in [2.05, 4.69) is 41.1 Å². The topological polar surface area (TPSA) is 66.2 Å². The van der Waals surface area contributed by atoms with Gasteiger partial charge in [-0.2, -0.15) is 5.10 Å². The summed E-state index contributed by atoms with van der Waals surface area (Å²) in [6.45, 7) is 10.4. The average Bonchev–Trinajstić information content (AvgIpc) is 3.09. The van der Waals surface area contributed by atoms with E-state index < -0.39 is 0 Å². The fourth-order valence-corrected chi connectivity index (χ4v) is 3.57. The first-order chi connectivity index (χ1) is 12.8. The molecule has 0 aliphatic carbocycles. The number of rotatable bonds is 5. The van der Waals surface area contributed by atoms with Crippen LogP contribution in [0.1, 0.15) is 58.0 Å². The lowest BCUT2D eigenvalue weighted by atomic mass is 10.0. The molecule has 1 aliphatic heterocycles. The summed E-state index contributed by atoms with van der Waals surface area (Å²) in [6.07, 6.45) is 2.82. The number of halogens is 1. The van der Waals surface area contributed by atoms with E-state index in [4.69, 9.17) is 0 Å². The molecule has 1 atom stereocenters. The number of aliphatic hydroxyl groups excluding tert-OH is 1. The van der Waals surface area contributed by atoms with Crippen molar-refractivity contribution in [2.45, 2.75) is 64.8 Å². The molecule has 1 fully saturated rings. The number of aliphatic hydroxyl groups is 1. The Balaban J connectivity index is 1.76. The molecule has 1 aliphatic rings. The lowest BCUT2D eigenvalue weighted by Gasteiger charge is -2.34. The Kier molecular flexibility index (Phi) is 5.81. The monoisotopic (exact) mass is 375 g/mol. The summed E-state index contributed by atoms with van der Waals surface area (Å²) < 4.78 is 15.9. The van der Waals surface area contributed by atoms with Gasteiger partial charge in [0.1, 0.15) is 18.0 Å². The van der Waals surface area contributed by atoms with Crippen LogP contribution in [0.3, 0.4) is 0 Å².